The Bertz CT molecular complexity index is 962. The maximum atomic E-state index is 13.0. The van der Waals surface area contributed by atoms with E-state index in [1.54, 1.807) is 12.1 Å². The van der Waals surface area contributed by atoms with Crippen LogP contribution >= 0.6 is 0 Å². The summed E-state index contributed by atoms with van der Waals surface area (Å²) in [7, 11) is 2.13. The van der Waals surface area contributed by atoms with Crippen molar-refractivity contribution in [3.05, 3.63) is 77.9 Å². The zero-order valence-electron chi connectivity index (χ0n) is 17.9. The first-order valence-corrected chi connectivity index (χ1v) is 10.7. The Morgan fingerprint density at radius 1 is 1.16 bits per heavy atom. The average Bonchev–Trinajstić information content (AvgIpc) is 2.80. The number of carbonyl (C=O) groups excluding carboxylic acids is 2. The van der Waals surface area contributed by atoms with Crippen molar-refractivity contribution in [1.82, 2.24) is 15.5 Å². The number of likely N-dealkylation sites (tertiary alicyclic amines) is 1. The predicted octanol–water partition coefficient (Wildman–Crippen LogP) is 3.21. The molecule has 2 amide bonds. The zero-order valence-corrected chi connectivity index (χ0v) is 17.9. The second-order valence-corrected chi connectivity index (χ2v) is 8.48. The summed E-state index contributed by atoms with van der Waals surface area (Å²) in [4.78, 5) is 26.7. The van der Waals surface area contributed by atoms with Crippen LogP contribution in [0.5, 0.6) is 5.75 Å². The minimum atomic E-state index is -0.230. The summed E-state index contributed by atoms with van der Waals surface area (Å²) in [6.07, 6.45) is 3.92. The number of benzene rings is 2. The number of fused-ring (bicyclic) bond motifs is 1. The SMILES string of the molecule is C=CC(=O)NCc1ccc(C(=O)NC2CC3(CCN(C)CC3)Oc3ccccc32)cc1. The number of nitrogens with one attached hydrogen (secondary N) is 2. The molecule has 1 saturated heterocycles. The van der Waals surface area contributed by atoms with Gasteiger partial charge in [-0.15, -0.1) is 0 Å². The molecule has 2 N–H and O–H groups in total. The van der Waals surface area contributed by atoms with Crippen molar-refractivity contribution in [2.24, 2.45) is 0 Å². The fourth-order valence-electron chi connectivity index (χ4n) is 4.36. The van der Waals surface area contributed by atoms with Gasteiger partial charge in [0, 0.05) is 37.2 Å². The van der Waals surface area contributed by atoms with E-state index in [9.17, 15) is 9.59 Å². The Kier molecular flexibility index (Phi) is 6.09. The Hall–Kier alpha value is -3.12. The average molecular weight is 420 g/mol. The summed E-state index contributed by atoms with van der Waals surface area (Å²) >= 11 is 0. The molecule has 31 heavy (non-hydrogen) atoms. The van der Waals surface area contributed by atoms with Crippen molar-refractivity contribution in [2.75, 3.05) is 20.1 Å². The minimum Gasteiger partial charge on any atom is -0.487 e. The van der Waals surface area contributed by atoms with Gasteiger partial charge in [0.05, 0.1) is 6.04 Å². The maximum Gasteiger partial charge on any atom is 0.251 e. The van der Waals surface area contributed by atoms with E-state index >= 15 is 0 Å². The van der Waals surface area contributed by atoms with Crippen LogP contribution in [0.3, 0.4) is 0 Å². The van der Waals surface area contributed by atoms with Crippen molar-refractivity contribution in [3.8, 4) is 5.75 Å². The van der Waals surface area contributed by atoms with Crippen LogP contribution in [0.2, 0.25) is 0 Å². The van der Waals surface area contributed by atoms with E-state index < -0.39 is 0 Å². The highest BCUT2D eigenvalue weighted by atomic mass is 16.5. The molecule has 2 aliphatic heterocycles. The number of carbonyl (C=O) groups is 2. The molecule has 6 heteroatoms. The molecular weight excluding hydrogens is 390 g/mol. The molecule has 2 heterocycles. The van der Waals surface area contributed by atoms with Gasteiger partial charge in [-0.25, -0.2) is 0 Å². The van der Waals surface area contributed by atoms with Gasteiger partial charge in [-0.3, -0.25) is 9.59 Å². The van der Waals surface area contributed by atoms with Crippen molar-refractivity contribution in [3.63, 3.8) is 0 Å². The van der Waals surface area contributed by atoms with E-state index in [1.807, 2.05) is 36.4 Å². The Morgan fingerprint density at radius 3 is 2.58 bits per heavy atom. The fraction of sp³-hybridized carbons (Fsp3) is 0.360. The molecule has 0 radical (unpaired) electrons. The second kappa shape index (κ2) is 8.94. The molecule has 0 aliphatic carbocycles. The van der Waals surface area contributed by atoms with E-state index in [2.05, 4.69) is 29.2 Å². The molecule has 1 spiro atoms. The third-order valence-electron chi connectivity index (χ3n) is 6.27. The molecule has 2 aromatic carbocycles. The van der Waals surface area contributed by atoms with Crippen molar-refractivity contribution in [1.29, 1.82) is 0 Å². The highest BCUT2D eigenvalue weighted by Gasteiger charge is 2.43. The molecule has 0 saturated carbocycles. The highest BCUT2D eigenvalue weighted by molar-refractivity contribution is 5.94. The van der Waals surface area contributed by atoms with Gasteiger partial charge in [0.15, 0.2) is 0 Å². The third-order valence-corrected chi connectivity index (χ3v) is 6.27. The standard InChI is InChI=1S/C25H29N3O3/c1-3-23(29)26-17-18-8-10-19(11-9-18)24(30)27-21-16-25(12-14-28(2)15-13-25)31-22-7-5-4-6-20(21)22/h3-11,21H,1,12-17H2,2H3,(H,26,29)(H,27,30). The van der Waals surface area contributed by atoms with E-state index in [0.29, 0.717) is 12.1 Å². The number of piperidine rings is 1. The lowest BCUT2D eigenvalue weighted by atomic mass is 9.80. The summed E-state index contributed by atoms with van der Waals surface area (Å²) in [5.41, 5.74) is 2.32. The Labute approximate surface area is 183 Å². The summed E-state index contributed by atoms with van der Waals surface area (Å²) in [5, 5.41) is 5.97. The monoisotopic (exact) mass is 419 g/mol. The molecule has 0 aromatic heterocycles. The normalized spacial score (nSPS) is 19.7. The van der Waals surface area contributed by atoms with Crippen molar-refractivity contribution >= 4 is 11.8 Å². The summed E-state index contributed by atoms with van der Waals surface area (Å²) in [5.74, 6) is 0.547. The molecule has 6 nitrogen and oxygen atoms in total. The lowest BCUT2D eigenvalue weighted by Crippen LogP contribution is -2.51. The van der Waals surface area contributed by atoms with Crippen molar-refractivity contribution < 1.29 is 14.3 Å². The van der Waals surface area contributed by atoms with Crippen molar-refractivity contribution in [2.45, 2.75) is 37.5 Å². The lowest BCUT2D eigenvalue weighted by Gasteiger charge is -2.46. The number of hydrogen-bond acceptors (Lipinski definition) is 4. The maximum absolute atomic E-state index is 13.0. The number of ether oxygens (including phenoxy) is 1. The van der Waals surface area contributed by atoms with E-state index in [0.717, 1.165) is 49.2 Å². The number of amides is 2. The van der Waals surface area contributed by atoms with Gasteiger partial charge in [0.1, 0.15) is 11.4 Å². The van der Waals surface area contributed by atoms with Crippen LogP contribution < -0.4 is 15.4 Å². The summed E-state index contributed by atoms with van der Waals surface area (Å²) in [6, 6.07) is 15.2. The zero-order chi connectivity index (χ0) is 21.8. The van der Waals surface area contributed by atoms with Crippen LogP contribution in [0.25, 0.3) is 0 Å². The van der Waals surface area contributed by atoms with Gasteiger partial charge in [-0.1, -0.05) is 36.9 Å². The van der Waals surface area contributed by atoms with Gasteiger partial charge in [-0.05, 0) is 49.7 Å². The lowest BCUT2D eigenvalue weighted by molar-refractivity contribution is -0.116. The molecule has 4 rings (SSSR count). The number of nitrogens with zero attached hydrogens (tertiary/aromatic N) is 1. The third kappa shape index (κ3) is 4.80. The number of rotatable bonds is 5. The number of para-hydroxylation sites is 1. The minimum absolute atomic E-state index is 0.0904. The Morgan fingerprint density at radius 2 is 1.87 bits per heavy atom. The quantitative estimate of drug-likeness (QED) is 0.730. The van der Waals surface area contributed by atoms with Gasteiger partial charge in [-0.2, -0.15) is 0 Å². The number of hydrogen-bond donors (Lipinski definition) is 2. The van der Waals surface area contributed by atoms with E-state index in [1.165, 1.54) is 6.08 Å². The Balaban J connectivity index is 1.47. The molecule has 2 aromatic rings. The molecule has 1 atom stereocenters. The van der Waals surface area contributed by atoms with E-state index in [4.69, 9.17) is 4.74 Å². The van der Waals surface area contributed by atoms with Crippen LogP contribution in [0, 0.1) is 0 Å². The first kappa shape index (κ1) is 21.1. The molecule has 162 valence electrons. The van der Waals surface area contributed by atoms with Gasteiger partial charge < -0.3 is 20.3 Å². The largest absolute Gasteiger partial charge is 0.487 e. The molecule has 0 bridgehead atoms. The van der Waals surface area contributed by atoms with Crippen LogP contribution in [0.4, 0.5) is 0 Å². The fourth-order valence-corrected chi connectivity index (χ4v) is 4.36. The molecule has 1 unspecified atom stereocenters. The molecule has 1 fully saturated rings. The van der Waals surface area contributed by atoms with Crippen LogP contribution in [0.15, 0.2) is 61.2 Å². The second-order valence-electron chi connectivity index (χ2n) is 8.48. The first-order chi connectivity index (χ1) is 15.0. The summed E-state index contributed by atoms with van der Waals surface area (Å²) in [6.45, 7) is 5.83. The highest BCUT2D eigenvalue weighted by Crippen LogP contribution is 2.44. The first-order valence-electron chi connectivity index (χ1n) is 10.7. The van der Waals surface area contributed by atoms with Gasteiger partial charge in [0.2, 0.25) is 5.91 Å². The van der Waals surface area contributed by atoms with Gasteiger partial charge >= 0.3 is 0 Å². The molecular formula is C25H29N3O3. The van der Waals surface area contributed by atoms with E-state index in [-0.39, 0.29) is 23.5 Å². The smallest absolute Gasteiger partial charge is 0.251 e. The van der Waals surface area contributed by atoms with Crippen LogP contribution in [0.1, 0.15) is 46.8 Å². The van der Waals surface area contributed by atoms with Crippen LogP contribution in [-0.2, 0) is 11.3 Å². The molecule has 2 aliphatic rings. The predicted molar refractivity (Wildman–Crippen MR) is 120 cm³/mol. The topological polar surface area (TPSA) is 70.7 Å². The summed E-state index contributed by atoms with van der Waals surface area (Å²) < 4.78 is 6.48. The van der Waals surface area contributed by atoms with Crippen LogP contribution in [-0.4, -0.2) is 42.5 Å². The van der Waals surface area contributed by atoms with Gasteiger partial charge in [0.25, 0.3) is 5.91 Å².